The normalized spacial score (nSPS) is 16.0. The summed E-state index contributed by atoms with van der Waals surface area (Å²) in [4.78, 5) is 0. The van der Waals surface area contributed by atoms with Crippen LogP contribution in [0.15, 0.2) is 23.8 Å². The van der Waals surface area contributed by atoms with Crippen LogP contribution in [0.4, 0.5) is 0 Å². The molecule has 0 aromatic rings. The fraction of sp³-hybridized carbons (Fsp3) is 0.556. The Labute approximate surface area is 84.2 Å². The average Bonchev–Trinajstić information content (AvgIpc) is 2.70. The van der Waals surface area contributed by atoms with E-state index in [1.54, 1.807) is 0 Å². The van der Waals surface area contributed by atoms with Gasteiger partial charge in [0, 0.05) is 14.2 Å². The maximum absolute atomic E-state index is 11.4. The van der Waals surface area contributed by atoms with Gasteiger partial charge in [0.1, 0.15) is 0 Å². The summed E-state index contributed by atoms with van der Waals surface area (Å²) in [5.41, 5.74) is 1.27. The van der Waals surface area contributed by atoms with E-state index in [1.807, 2.05) is 12.2 Å². The van der Waals surface area contributed by atoms with Gasteiger partial charge in [-0.2, -0.15) is 0 Å². The molecule has 0 saturated heterocycles. The van der Waals surface area contributed by atoms with Crippen LogP contribution < -0.4 is 0 Å². The third kappa shape index (κ3) is 3.39. The van der Waals surface area contributed by atoms with Gasteiger partial charge in [0.15, 0.2) is 0 Å². The number of rotatable bonds is 6. The fourth-order valence-corrected chi connectivity index (χ4v) is 1.82. The van der Waals surface area contributed by atoms with E-state index in [9.17, 15) is 4.57 Å². The third-order valence-corrected chi connectivity index (χ3v) is 3.36. The number of hydrogen-bond donors (Lipinski definition) is 0. The van der Waals surface area contributed by atoms with E-state index in [2.05, 4.69) is 15.1 Å². The van der Waals surface area contributed by atoms with Crippen molar-refractivity contribution in [3.05, 3.63) is 23.8 Å². The van der Waals surface area contributed by atoms with Crippen LogP contribution in [0.2, 0.25) is 0 Å². The Kier molecular flexibility index (Phi) is 4.55. The van der Waals surface area contributed by atoms with E-state index in [0.29, 0.717) is 6.61 Å². The molecule has 1 aliphatic carbocycles. The van der Waals surface area contributed by atoms with Gasteiger partial charge in [0.2, 0.25) is 0 Å². The second-order valence-electron chi connectivity index (χ2n) is 2.85. The van der Waals surface area contributed by atoms with Crippen LogP contribution >= 0.6 is 7.82 Å². The monoisotopic (exact) mass is 218 g/mol. The topological polar surface area (TPSA) is 44.8 Å². The maximum atomic E-state index is 11.4. The van der Waals surface area contributed by atoms with E-state index >= 15 is 0 Å². The summed E-state index contributed by atoms with van der Waals surface area (Å²) in [7, 11) is -0.673. The van der Waals surface area contributed by atoms with E-state index in [1.165, 1.54) is 19.8 Å². The van der Waals surface area contributed by atoms with Gasteiger partial charge < -0.3 is 0 Å². The first-order valence-electron chi connectivity index (χ1n) is 4.41. The van der Waals surface area contributed by atoms with Gasteiger partial charge in [0.05, 0.1) is 6.61 Å². The van der Waals surface area contributed by atoms with Crippen molar-refractivity contribution in [3.63, 3.8) is 0 Å². The first-order chi connectivity index (χ1) is 6.70. The van der Waals surface area contributed by atoms with Crippen molar-refractivity contribution in [1.29, 1.82) is 0 Å². The van der Waals surface area contributed by atoms with Gasteiger partial charge in [-0.1, -0.05) is 23.8 Å². The first kappa shape index (κ1) is 11.7. The SMILES string of the molecule is COP(=O)(OC)OCCC1=CC=CC1. The smallest absolute Gasteiger partial charge is 0.290 e. The number of allylic oxidation sites excluding steroid dienone is 3. The Balaban J connectivity index is 2.23. The van der Waals surface area contributed by atoms with Gasteiger partial charge >= 0.3 is 7.82 Å². The molecule has 0 N–H and O–H groups in total. The van der Waals surface area contributed by atoms with Crippen LogP contribution in [0, 0.1) is 0 Å². The van der Waals surface area contributed by atoms with Crippen LogP contribution in [0.1, 0.15) is 12.8 Å². The zero-order chi connectivity index (χ0) is 10.4. The van der Waals surface area contributed by atoms with Crippen molar-refractivity contribution in [1.82, 2.24) is 0 Å². The molecule has 1 rings (SSSR count). The summed E-state index contributed by atoms with van der Waals surface area (Å²) in [5.74, 6) is 0. The van der Waals surface area contributed by atoms with Crippen molar-refractivity contribution < 1.29 is 18.1 Å². The van der Waals surface area contributed by atoms with Crippen LogP contribution in [0.5, 0.6) is 0 Å². The highest BCUT2D eigenvalue weighted by molar-refractivity contribution is 7.48. The molecule has 0 unspecified atom stereocenters. The van der Waals surface area contributed by atoms with Crippen LogP contribution in [-0.2, 0) is 18.1 Å². The van der Waals surface area contributed by atoms with Crippen LogP contribution in [0.3, 0.4) is 0 Å². The van der Waals surface area contributed by atoms with Crippen LogP contribution in [0.25, 0.3) is 0 Å². The molecule has 0 heterocycles. The van der Waals surface area contributed by atoms with Gasteiger partial charge in [-0.05, 0) is 12.8 Å². The molecule has 4 nitrogen and oxygen atoms in total. The summed E-state index contributed by atoms with van der Waals surface area (Å²) in [6, 6.07) is 0. The maximum Gasteiger partial charge on any atom is 0.474 e. The van der Waals surface area contributed by atoms with Crippen LogP contribution in [-0.4, -0.2) is 20.8 Å². The van der Waals surface area contributed by atoms with E-state index < -0.39 is 7.82 Å². The van der Waals surface area contributed by atoms with Crippen molar-refractivity contribution in [2.75, 3.05) is 20.8 Å². The lowest BCUT2D eigenvalue weighted by Gasteiger charge is -2.13. The zero-order valence-corrected chi connectivity index (χ0v) is 9.33. The molecule has 0 bridgehead atoms. The molecule has 0 spiro atoms. The molecule has 0 aromatic heterocycles. The molecule has 0 aliphatic heterocycles. The van der Waals surface area contributed by atoms with Crippen molar-refractivity contribution >= 4 is 7.82 Å². The predicted octanol–water partition coefficient (Wildman–Crippen LogP) is 2.68. The molecule has 80 valence electrons. The molecular formula is C9H15O4P. The molecule has 1 aliphatic rings. The Morgan fingerprint density at radius 3 is 2.64 bits per heavy atom. The van der Waals surface area contributed by atoms with E-state index in [0.717, 1.165) is 12.8 Å². The molecular weight excluding hydrogens is 203 g/mol. The lowest BCUT2D eigenvalue weighted by Crippen LogP contribution is -1.97. The van der Waals surface area contributed by atoms with Gasteiger partial charge in [-0.3, -0.25) is 13.6 Å². The van der Waals surface area contributed by atoms with E-state index in [4.69, 9.17) is 4.52 Å². The summed E-state index contributed by atoms with van der Waals surface area (Å²) in [6.07, 6.45) is 7.81. The Hall–Kier alpha value is -0.410. The van der Waals surface area contributed by atoms with Crippen molar-refractivity contribution in [2.24, 2.45) is 0 Å². The average molecular weight is 218 g/mol. The number of hydrogen-bond acceptors (Lipinski definition) is 4. The minimum absolute atomic E-state index is 0.354. The Morgan fingerprint density at radius 1 is 1.43 bits per heavy atom. The second kappa shape index (κ2) is 5.47. The standard InChI is InChI=1S/C9H15O4P/c1-11-14(10,12-2)13-8-7-9-5-3-4-6-9/h3-5H,6-8H2,1-2H3. The summed E-state index contributed by atoms with van der Waals surface area (Å²) >= 11 is 0. The minimum Gasteiger partial charge on any atom is -0.290 e. The lowest BCUT2D eigenvalue weighted by molar-refractivity contribution is 0.153. The molecule has 14 heavy (non-hydrogen) atoms. The quantitative estimate of drug-likeness (QED) is 0.643. The third-order valence-electron chi connectivity index (χ3n) is 1.97. The molecule has 0 fully saturated rings. The number of phosphoric ester groups is 1. The molecule has 0 amide bonds. The Bertz CT molecular complexity index is 275. The number of phosphoric acid groups is 1. The predicted molar refractivity (Wildman–Crippen MR) is 54.0 cm³/mol. The molecule has 0 saturated carbocycles. The van der Waals surface area contributed by atoms with Gasteiger partial charge in [-0.25, -0.2) is 4.57 Å². The highest BCUT2D eigenvalue weighted by atomic mass is 31.2. The molecule has 0 radical (unpaired) electrons. The van der Waals surface area contributed by atoms with Crippen molar-refractivity contribution in [3.8, 4) is 0 Å². The Morgan fingerprint density at radius 2 is 2.14 bits per heavy atom. The second-order valence-corrected chi connectivity index (χ2v) is 4.74. The first-order valence-corrected chi connectivity index (χ1v) is 5.87. The zero-order valence-electron chi connectivity index (χ0n) is 8.43. The van der Waals surface area contributed by atoms with Gasteiger partial charge in [-0.15, -0.1) is 0 Å². The molecule has 5 heteroatoms. The molecule has 0 aromatic carbocycles. The minimum atomic E-state index is -3.29. The summed E-state index contributed by atoms with van der Waals surface area (Å²) in [5, 5.41) is 0. The van der Waals surface area contributed by atoms with E-state index in [-0.39, 0.29) is 0 Å². The summed E-state index contributed by atoms with van der Waals surface area (Å²) < 4.78 is 25.7. The fourth-order valence-electron chi connectivity index (χ4n) is 1.15. The highest BCUT2D eigenvalue weighted by Crippen LogP contribution is 2.47. The summed E-state index contributed by atoms with van der Waals surface area (Å²) in [6.45, 7) is 0.354. The molecule has 0 atom stereocenters. The lowest BCUT2D eigenvalue weighted by atomic mass is 10.2. The largest absolute Gasteiger partial charge is 0.474 e. The van der Waals surface area contributed by atoms with Crippen molar-refractivity contribution in [2.45, 2.75) is 12.8 Å². The highest BCUT2D eigenvalue weighted by Gasteiger charge is 2.22. The van der Waals surface area contributed by atoms with Gasteiger partial charge in [0.25, 0.3) is 0 Å².